The summed E-state index contributed by atoms with van der Waals surface area (Å²) >= 11 is 5.87. The van der Waals surface area contributed by atoms with Gasteiger partial charge in [0.05, 0.1) is 24.3 Å². The summed E-state index contributed by atoms with van der Waals surface area (Å²) in [5.74, 6) is 0.115. The molecule has 4 rings (SSSR count). The summed E-state index contributed by atoms with van der Waals surface area (Å²) in [4.78, 5) is 23.5. The zero-order valence-electron chi connectivity index (χ0n) is 19.3. The lowest BCUT2D eigenvalue weighted by Gasteiger charge is -2.27. The molecule has 1 aliphatic rings. The van der Waals surface area contributed by atoms with Gasteiger partial charge in [0.2, 0.25) is 0 Å². The van der Waals surface area contributed by atoms with Crippen molar-refractivity contribution in [1.29, 1.82) is 0 Å². The lowest BCUT2D eigenvalue weighted by molar-refractivity contribution is -0.143. The van der Waals surface area contributed by atoms with Crippen LogP contribution >= 0.6 is 11.6 Å². The average Bonchev–Trinajstić information content (AvgIpc) is 3.23. The third-order valence-corrected chi connectivity index (χ3v) is 6.32. The highest BCUT2D eigenvalue weighted by atomic mass is 35.5. The molecule has 35 heavy (non-hydrogen) atoms. The van der Waals surface area contributed by atoms with Gasteiger partial charge in [-0.3, -0.25) is 4.79 Å². The summed E-state index contributed by atoms with van der Waals surface area (Å²) in [5, 5.41) is 16.7. The van der Waals surface area contributed by atoms with Crippen molar-refractivity contribution >= 4 is 23.7 Å². The molecular weight excluding hydrogens is 472 g/mol. The monoisotopic (exact) mass is 498 g/mol. The molecule has 2 N–H and O–H groups in total. The Kier molecular flexibility index (Phi) is 7.92. The first-order valence-electron chi connectivity index (χ1n) is 11.5. The van der Waals surface area contributed by atoms with Crippen LogP contribution in [0.5, 0.6) is 5.75 Å². The predicted molar refractivity (Wildman–Crippen MR) is 129 cm³/mol. The molecule has 1 heterocycles. The number of ether oxygens (including phenoxy) is 2. The van der Waals surface area contributed by atoms with Crippen molar-refractivity contribution in [2.75, 3.05) is 0 Å². The van der Waals surface area contributed by atoms with Gasteiger partial charge >= 0.3 is 12.1 Å². The largest absolute Gasteiger partial charge is 0.490 e. The molecule has 0 radical (unpaired) electrons. The number of alkyl carbamates (subject to hydrolysis) is 1. The van der Waals surface area contributed by atoms with Gasteiger partial charge in [0, 0.05) is 16.1 Å². The first kappa shape index (κ1) is 24.6. The van der Waals surface area contributed by atoms with E-state index in [4.69, 9.17) is 25.6 Å². The number of aliphatic carboxylic acids is 1. The third kappa shape index (κ3) is 6.54. The van der Waals surface area contributed by atoms with Gasteiger partial charge in [0.1, 0.15) is 12.4 Å². The Morgan fingerprint density at radius 3 is 2.60 bits per heavy atom. The highest BCUT2D eigenvalue weighted by molar-refractivity contribution is 6.30. The Balaban J connectivity index is 1.34. The lowest BCUT2D eigenvalue weighted by Crippen LogP contribution is -2.29. The highest BCUT2D eigenvalue weighted by Gasteiger charge is 2.28. The summed E-state index contributed by atoms with van der Waals surface area (Å²) in [7, 11) is 0. The van der Waals surface area contributed by atoms with Gasteiger partial charge in [-0.2, -0.15) is 0 Å². The Bertz CT molecular complexity index is 1160. The number of hydrogen-bond acceptors (Lipinski definition) is 6. The van der Waals surface area contributed by atoms with Crippen molar-refractivity contribution in [1.82, 2.24) is 10.5 Å². The zero-order chi connectivity index (χ0) is 24.8. The minimum absolute atomic E-state index is 0.109. The van der Waals surface area contributed by atoms with Gasteiger partial charge in [0.25, 0.3) is 0 Å². The normalized spacial score (nSPS) is 17.5. The quantitative estimate of drug-likeness (QED) is 0.406. The second-order valence-corrected chi connectivity index (χ2v) is 9.03. The fourth-order valence-corrected chi connectivity index (χ4v) is 4.24. The smallest absolute Gasteiger partial charge is 0.407 e. The van der Waals surface area contributed by atoms with E-state index in [0.717, 1.165) is 29.5 Å². The van der Waals surface area contributed by atoms with E-state index in [0.29, 0.717) is 35.1 Å². The van der Waals surface area contributed by atoms with Crippen LogP contribution in [0.3, 0.4) is 0 Å². The van der Waals surface area contributed by atoms with Crippen molar-refractivity contribution in [3.63, 3.8) is 0 Å². The van der Waals surface area contributed by atoms with Crippen molar-refractivity contribution in [2.24, 2.45) is 5.92 Å². The molecule has 0 saturated heterocycles. The molecule has 0 unspecified atom stereocenters. The molecule has 1 aliphatic carbocycles. The maximum atomic E-state index is 12.2. The maximum absolute atomic E-state index is 12.2. The van der Waals surface area contributed by atoms with Crippen LogP contribution in [0.1, 0.15) is 42.5 Å². The number of hydrogen-bond donors (Lipinski definition) is 2. The first-order valence-corrected chi connectivity index (χ1v) is 11.9. The minimum Gasteiger partial charge on any atom is -0.490 e. The standard InChI is InChI=1S/C26H27ClN2O6/c1-16-23(14-28-26(32)33-15-17-5-9-20(27)10-6-17)24(35-29-16)18-7-11-21(12-8-18)34-22-4-2-3-19(13-22)25(30)31/h5-12,19,22H,2-4,13-15H2,1H3,(H,28,32)(H,30,31)/t19-,22-/m0/s1. The van der Waals surface area contributed by atoms with Crippen LogP contribution in [0.4, 0.5) is 4.79 Å². The number of carbonyl (C=O) groups excluding carboxylic acids is 1. The molecule has 1 saturated carbocycles. The van der Waals surface area contributed by atoms with E-state index in [1.165, 1.54) is 0 Å². The Morgan fingerprint density at radius 2 is 1.89 bits per heavy atom. The number of aryl methyl sites for hydroxylation is 1. The number of carbonyl (C=O) groups is 2. The van der Waals surface area contributed by atoms with Crippen LogP contribution in [-0.4, -0.2) is 28.4 Å². The Labute approximate surface area is 208 Å². The highest BCUT2D eigenvalue weighted by Crippen LogP contribution is 2.31. The molecule has 2 aromatic carbocycles. The average molecular weight is 499 g/mol. The molecule has 1 aromatic heterocycles. The minimum atomic E-state index is -0.760. The third-order valence-electron chi connectivity index (χ3n) is 6.07. The van der Waals surface area contributed by atoms with E-state index >= 15 is 0 Å². The molecule has 3 aromatic rings. The van der Waals surface area contributed by atoms with E-state index in [1.807, 2.05) is 31.2 Å². The van der Waals surface area contributed by atoms with Crippen LogP contribution in [-0.2, 0) is 22.7 Å². The van der Waals surface area contributed by atoms with Crippen molar-refractivity contribution < 1.29 is 28.7 Å². The molecule has 184 valence electrons. The van der Waals surface area contributed by atoms with E-state index in [1.54, 1.807) is 24.3 Å². The second-order valence-electron chi connectivity index (χ2n) is 8.60. The van der Waals surface area contributed by atoms with Crippen LogP contribution in [0.25, 0.3) is 11.3 Å². The van der Waals surface area contributed by atoms with Crippen LogP contribution in [0.15, 0.2) is 53.1 Å². The number of carboxylic acid groups (broad SMARTS) is 1. The molecule has 8 nitrogen and oxygen atoms in total. The van der Waals surface area contributed by atoms with E-state index in [-0.39, 0.29) is 25.2 Å². The molecule has 9 heteroatoms. The number of benzene rings is 2. The first-order chi connectivity index (χ1) is 16.9. The number of carboxylic acids is 1. The van der Waals surface area contributed by atoms with Gasteiger partial charge in [-0.1, -0.05) is 28.9 Å². The molecule has 1 amide bonds. The molecule has 2 atom stereocenters. The fraction of sp³-hybridized carbons (Fsp3) is 0.346. The lowest BCUT2D eigenvalue weighted by atomic mass is 9.87. The van der Waals surface area contributed by atoms with Gasteiger partial charge in [0.15, 0.2) is 5.76 Å². The van der Waals surface area contributed by atoms with Crippen LogP contribution in [0, 0.1) is 12.8 Å². The molecule has 0 aliphatic heterocycles. The van der Waals surface area contributed by atoms with Crippen LogP contribution < -0.4 is 10.1 Å². The number of nitrogens with zero attached hydrogens (tertiary/aromatic N) is 1. The number of aromatic nitrogens is 1. The zero-order valence-corrected chi connectivity index (χ0v) is 20.1. The predicted octanol–water partition coefficient (Wildman–Crippen LogP) is 5.75. The fourth-order valence-electron chi connectivity index (χ4n) is 4.12. The maximum Gasteiger partial charge on any atom is 0.407 e. The molecular formula is C26H27ClN2O6. The number of nitrogens with one attached hydrogen (secondary N) is 1. The van der Waals surface area contributed by atoms with Crippen molar-refractivity contribution in [2.45, 2.75) is 51.9 Å². The van der Waals surface area contributed by atoms with Gasteiger partial charge in [-0.05, 0) is 74.6 Å². The molecule has 0 bridgehead atoms. The van der Waals surface area contributed by atoms with Gasteiger partial charge in [-0.25, -0.2) is 4.79 Å². The van der Waals surface area contributed by atoms with Gasteiger partial charge in [-0.15, -0.1) is 0 Å². The summed E-state index contributed by atoms with van der Waals surface area (Å²) in [6.07, 6.45) is 2.24. The Morgan fingerprint density at radius 1 is 1.14 bits per heavy atom. The SMILES string of the molecule is Cc1noc(-c2ccc(O[C@H]3CCC[C@H](C(=O)O)C3)cc2)c1CNC(=O)OCc1ccc(Cl)cc1. The van der Waals surface area contributed by atoms with Crippen LogP contribution in [0.2, 0.25) is 5.02 Å². The topological polar surface area (TPSA) is 111 Å². The molecule has 1 fully saturated rings. The summed E-state index contributed by atoms with van der Waals surface area (Å²) in [5.41, 5.74) is 3.04. The molecule has 0 spiro atoms. The van der Waals surface area contributed by atoms with Crippen molar-refractivity contribution in [3.8, 4) is 17.1 Å². The summed E-state index contributed by atoms with van der Waals surface area (Å²) in [6.45, 7) is 2.14. The number of rotatable bonds is 8. The van der Waals surface area contributed by atoms with E-state index in [2.05, 4.69) is 10.5 Å². The Hall–Kier alpha value is -3.52. The number of amides is 1. The summed E-state index contributed by atoms with van der Waals surface area (Å²) < 4.78 is 16.8. The van der Waals surface area contributed by atoms with E-state index < -0.39 is 12.1 Å². The summed E-state index contributed by atoms with van der Waals surface area (Å²) in [6, 6.07) is 14.4. The second kappa shape index (κ2) is 11.3. The van der Waals surface area contributed by atoms with Gasteiger partial charge < -0.3 is 24.4 Å². The van der Waals surface area contributed by atoms with E-state index in [9.17, 15) is 14.7 Å². The van der Waals surface area contributed by atoms with Crippen molar-refractivity contribution in [3.05, 3.63) is 70.4 Å². The number of halogens is 1.